The summed E-state index contributed by atoms with van der Waals surface area (Å²) in [6.07, 6.45) is 22.0. The van der Waals surface area contributed by atoms with Crippen LogP contribution in [0.5, 0.6) is 0 Å². The van der Waals surface area contributed by atoms with Gasteiger partial charge in [-0.2, -0.15) is 0 Å². The molecule has 0 spiro atoms. The van der Waals surface area contributed by atoms with E-state index >= 15 is 0 Å². The van der Waals surface area contributed by atoms with Gasteiger partial charge in [0.25, 0.3) is 0 Å². The summed E-state index contributed by atoms with van der Waals surface area (Å²) >= 11 is 0. The fourth-order valence-electron chi connectivity index (χ4n) is 4.65. The summed E-state index contributed by atoms with van der Waals surface area (Å²) in [5.41, 5.74) is 0. The van der Waals surface area contributed by atoms with Crippen molar-refractivity contribution in [2.75, 3.05) is 53.0 Å². The van der Waals surface area contributed by atoms with Crippen LogP contribution < -0.4 is 29.3 Å². The molecule has 188 valence electrons. The SMILES string of the molecule is CCCCCCCCCCCCCCCCCCOCC(O)C[N+]1(C)CCNCC1.[I-]. The number of hydrogen-bond donors (Lipinski definition) is 2. The van der Waals surface area contributed by atoms with E-state index in [1.807, 2.05) is 0 Å². The molecule has 0 saturated carbocycles. The van der Waals surface area contributed by atoms with E-state index in [-0.39, 0.29) is 30.1 Å². The molecule has 0 aromatic heterocycles. The Hall–Kier alpha value is 0.570. The lowest BCUT2D eigenvalue weighted by Gasteiger charge is -2.39. The first kappa shape index (κ1) is 31.6. The molecule has 1 rings (SSSR count). The molecule has 1 atom stereocenters. The van der Waals surface area contributed by atoms with Gasteiger partial charge in [0.2, 0.25) is 0 Å². The Morgan fingerprint density at radius 2 is 1.16 bits per heavy atom. The number of quaternary nitrogens is 1. The van der Waals surface area contributed by atoms with Gasteiger partial charge in [-0.3, -0.25) is 0 Å². The number of hydrogen-bond acceptors (Lipinski definition) is 3. The fourth-order valence-corrected chi connectivity index (χ4v) is 4.65. The van der Waals surface area contributed by atoms with Gasteiger partial charge in [0.05, 0.1) is 26.7 Å². The molecule has 31 heavy (non-hydrogen) atoms. The zero-order valence-electron chi connectivity index (χ0n) is 21.0. The van der Waals surface area contributed by atoms with Gasteiger partial charge in [0, 0.05) is 19.7 Å². The predicted octanol–water partition coefficient (Wildman–Crippen LogP) is 2.68. The highest BCUT2D eigenvalue weighted by atomic mass is 127. The van der Waals surface area contributed by atoms with Crippen molar-refractivity contribution in [3.05, 3.63) is 0 Å². The van der Waals surface area contributed by atoms with E-state index in [1.54, 1.807) is 0 Å². The molecule has 5 heteroatoms. The lowest BCUT2D eigenvalue weighted by atomic mass is 10.0. The van der Waals surface area contributed by atoms with Crippen LogP contribution in [0.2, 0.25) is 0 Å². The normalized spacial score (nSPS) is 16.7. The highest BCUT2D eigenvalue weighted by Crippen LogP contribution is 2.14. The Balaban J connectivity index is 0.00000900. The third kappa shape index (κ3) is 19.7. The number of aliphatic hydroxyl groups is 1. The number of piperazine rings is 1. The molecule has 4 nitrogen and oxygen atoms in total. The zero-order chi connectivity index (χ0) is 21.8. The van der Waals surface area contributed by atoms with Crippen LogP contribution in [0.15, 0.2) is 0 Å². The van der Waals surface area contributed by atoms with Gasteiger partial charge in [-0.05, 0) is 6.42 Å². The minimum atomic E-state index is -0.325. The molecule has 1 aliphatic rings. The third-order valence-corrected chi connectivity index (χ3v) is 6.76. The average molecular weight is 555 g/mol. The number of halogens is 1. The first-order valence-corrected chi connectivity index (χ1v) is 13.5. The Bertz CT molecular complexity index is 365. The van der Waals surface area contributed by atoms with Gasteiger partial charge >= 0.3 is 0 Å². The average Bonchev–Trinajstić information content (AvgIpc) is 2.73. The topological polar surface area (TPSA) is 41.5 Å². The molecule has 1 heterocycles. The van der Waals surface area contributed by atoms with E-state index in [0.717, 1.165) is 50.2 Å². The molecule has 1 saturated heterocycles. The van der Waals surface area contributed by atoms with Gasteiger partial charge in [-0.25, -0.2) is 0 Å². The summed E-state index contributed by atoms with van der Waals surface area (Å²) < 4.78 is 6.69. The molecule has 0 aliphatic carbocycles. The van der Waals surface area contributed by atoms with Crippen LogP contribution in [0.25, 0.3) is 0 Å². The van der Waals surface area contributed by atoms with Crippen LogP contribution >= 0.6 is 0 Å². The monoisotopic (exact) mass is 554 g/mol. The van der Waals surface area contributed by atoms with Crippen LogP contribution in [0.4, 0.5) is 0 Å². The van der Waals surface area contributed by atoms with Crippen molar-refractivity contribution >= 4 is 0 Å². The van der Waals surface area contributed by atoms with Gasteiger partial charge in [-0.15, -0.1) is 0 Å². The number of aliphatic hydroxyl groups excluding tert-OH is 1. The fraction of sp³-hybridized carbons (Fsp3) is 1.00. The van der Waals surface area contributed by atoms with Crippen LogP contribution in [0, 0.1) is 0 Å². The van der Waals surface area contributed by atoms with Gasteiger partial charge in [0.15, 0.2) is 0 Å². The number of ether oxygens (including phenoxy) is 1. The van der Waals surface area contributed by atoms with E-state index in [4.69, 9.17) is 4.74 Å². The molecule has 0 amide bonds. The highest BCUT2D eigenvalue weighted by molar-refractivity contribution is 4.60. The third-order valence-electron chi connectivity index (χ3n) is 6.76. The van der Waals surface area contributed by atoms with Crippen LogP contribution in [0.3, 0.4) is 0 Å². The van der Waals surface area contributed by atoms with Crippen LogP contribution in [-0.2, 0) is 4.74 Å². The maximum absolute atomic E-state index is 10.2. The van der Waals surface area contributed by atoms with E-state index in [0.29, 0.717) is 6.61 Å². The van der Waals surface area contributed by atoms with E-state index in [1.165, 1.54) is 96.3 Å². The quantitative estimate of drug-likeness (QED) is 0.130. The lowest BCUT2D eigenvalue weighted by Crippen LogP contribution is -3.00. The number of rotatable bonds is 21. The van der Waals surface area contributed by atoms with Gasteiger partial charge in [0.1, 0.15) is 12.6 Å². The largest absolute Gasteiger partial charge is 1.00 e. The van der Waals surface area contributed by atoms with E-state index in [2.05, 4.69) is 19.3 Å². The van der Waals surface area contributed by atoms with Crippen molar-refractivity contribution in [3.8, 4) is 0 Å². The second-order valence-electron chi connectivity index (χ2n) is 10.0. The second kappa shape index (κ2) is 22.4. The van der Waals surface area contributed by atoms with Crippen molar-refractivity contribution < 1.29 is 38.3 Å². The summed E-state index contributed by atoms with van der Waals surface area (Å²) in [7, 11) is 2.25. The first-order chi connectivity index (χ1) is 14.7. The van der Waals surface area contributed by atoms with Crippen LogP contribution in [-0.4, -0.2) is 68.7 Å². The van der Waals surface area contributed by atoms with Crippen molar-refractivity contribution in [2.45, 2.75) is 116 Å². The van der Waals surface area contributed by atoms with Crippen molar-refractivity contribution in [2.24, 2.45) is 0 Å². The van der Waals surface area contributed by atoms with Gasteiger partial charge < -0.3 is 43.6 Å². The van der Waals surface area contributed by atoms with Crippen molar-refractivity contribution in [1.82, 2.24) is 5.32 Å². The Morgan fingerprint density at radius 1 is 0.742 bits per heavy atom. The minimum Gasteiger partial charge on any atom is -1.00 e. The summed E-state index contributed by atoms with van der Waals surface area (Å²) in [6, 6.07) is 0. The van der Waals surface area contributed by atoms with Gasteiger partial charge in [-0.1, -0.05) is 103 Å². The maximum Gasteiger partial charge on any atom is 0.126 e. The number of nitrogens with zero attached hydrogens (tertiary/aromatic N) is 1. The highest BCUT2D eigenvalue weighted by Gasteiger charge is 2.27. The smallest absolute Gasteiger partial charge is 0.126 e. The number of unbranched alkanes of at least 4 members (excludes halogenated alkanes) is 15. The van der Waals surface area contributed by atoms with Crippen molar-refractivity contribution in [3.63, 3.8) is 0 Å². The zero-order valence-corrected chi connectivity index (χ0v) is 23.2. The predicted molar refractivity (Wildman–Crippen MR) is 130 cm³/mol. The Morgan fingerprint density at radius 3 is 1.61 bits per heavy atom. The summed E-state index contributed by atoms with van der Waals surface area (Å²) in [5.74, 6) is 0. The van der Waals surface area contributed by atoms with E-state index < -0.39 is 0 Å². The molecule has 0 aromatic carbocycles. The molecule has 1 unspecified atom stereocenters. The number of likely N-dealkylation sites (N-methyl/N-ethyl adjacent to an activating group) is 1. The number of nitrogens with one attached hydrogen (secondary N) is 1. The van der Waals surface area contributed by atoms with Crippen molar-refractivity contribution in [1.29, 1.82) is 0 Å². The molecule has 2 N–H and O–H groups in total. The molecule has 1 fully saturated rings. The second-order valence-corrected chi connectivity index (χ2v) is 10.0. The minimum absolute atomic E-state index is 0. The molecule has 1 aliphatic heterocycles. The summed E-state index contributed by atoms with van der Waals surface area (Å²) in [5, 5.41) is 13.6. The summed E-state index contributed by atoms with van der Waals surface area (Å²) in [4.78, 5) is 0. The maximum atomic E-state index is 10.2. The Labute approximate surface area is 211 Å². The molecular weight excluding hydrogens is 499 g/mol. The lowest BCUT2D eigenvalue weighted by molar-refractivity contribution is -0.914. The van der Waals surface area contributed by atoms with E-state index in [9.17, 15) is 5.11 Å². The first-order valence-electron chi connectivity index (χ1n) is 13.5. The molecule has 0 aromatic rings. The Kier molecular flexibility index (Phi) is 22.8. The molecule has 0 bridgehead atoms. The molecular formula is C26H55IN2O2. The van der Waals surface area contributed by atoms with Crippen LogP contribution in [0.1, 0.15) is 110 Å². The standard InChI is InChI=1S/C26H55N2O2.HI/c1-3-4-5-6-7-8-9-10-11-12-13-14-15-16-17-18-23-30-25-26(29)24-28(2)21-19-27-20-22-28;/h26-27,29H,3-25H2,1-2H3;1H/q+1;/p-1. The molecule has 0 radical (unpaired) electrons. The summed E-state index contributed by atoms with van der Waals surface area (Å²) in [6.45, 7) is 8.75.